The van der Waals surface area contributed by atoms with Crippen LogP contribution in [0.25, 0.3) is 6.08 Å². The van der Waals surface area contributed by atoms with E-state index in [2.05, 4.69) is 0 Å². The van der Waals surface area contributed by atoms with Gasteiger partial charge in [0.2, 0.25) is 0 Å². The summed E-state index contributed by atoms with van der Waals surface area (Å²) in [6, 6.07) is 21.3. The second-order valence-electron chi connectivity index (χ2n) is 8.35. The van der Waals surface area contributed by atoms with E-state index in [1.54, 1.807) is 36.4 Å². The van der Waals surface area contributed by atoms with Crippen molar-refractivity contribution in [3.63, 3.8) is 0 Å². The monoisotopic (exact) mass is 569 g/mol. The number of sulfone groups is 1. The van der Waals surface area contributed by atoms with Gasteiger partial charge in [0.1, 0.15) is 24.1 Å². The molecule has 1 aliphatic heterocycles. The van der Waals surface area contributed by atoms with Crippen molar-refractivity contribution in [2.75, 3.05) is 12.8 Å². The molecule has 4 rings (SSSR count). The highest BCUT2D eigenvalue weighted by Gasteiger charge is 2.33. The Hall–Kier alpha value is -3.67. The highest BCUT2D eigenvalue weighted by atomic mass is 32.2. The highest BCUT2D eigenvalue weighted by Crippen LogP contribution is 2.35. The van der Waals surface area contributed by atoms with Crippen molar-refractivity contribution in [3.05, 3.63) is 94.4 Å². The fourth-order valence-electron chi connectivity index (χ4n) is 3.50. The van der Waals surface area contributed by atoms with Crippen LogP contribution >= 0.6 is 24.0 Å². The second kappa shape index (κ2) is 11.8. The van der Waals surface area contributed by atoms with Crippen molar-refractivity contribution in [1.82, 2.24) is 4.90 Å². The maximum atomic E-state index is 12.7. The lowest BCUT2D eigenvalue weighted by Crippen LogP contribution is -2.33. The molecule has 3 aromatic rings. The van der Waals surface area contributed by atoms with Crippen LogP contribution in [0.2, 0.25) is 0 Å². The molecule has 0 aliphatic carbocycles. The summed E-state index contributed by atoms with van der Waals surface area (Å²) in [6.07, 6.45) is 2.77. The van der Waals surface area contributed by atoms with E-state index in [1.165, 1.54) is 12.1 Å². The third kappa shape index (κ3) is 7.00. The Labute approximate surface area is 229 Å². The number of carbonyl (C=O) groups is 2. The maximum absolute atomic E-state index is 12.7. The number of aliphatic carboxylic acids is 1. The summed E-state index contributed by atoms with van der Waals surface area (Å²) in [5, 5.41) is 9.05. The molecule has 1 saturated heterocycles. The Kier molecular flexibility index (Phi) is 8.50. The number of nitrogens with zero attached hydrogens (tertiary/aromatic N) is 1. The van der Waals surface area contributed by atoms with Crippen molar-refractivity contribution in [2.45, 2.75) is 18.1 Å². The summed E-state index contributed by atoms with van der Waals surface area (Å²) in [5.41, 5.74) is 2.36. The second-order valence-corrected chi connectivity index (χ2v) is 12.0. The number of ether oxygens (including phenoxy) is 2. The minimum atomic E-state index is -3.31. The van der Waals surface area contributed by atoms with Crippen molar-refractivity contribution in [3.8, 4) is 11.5 Å². The van der Waals surface area contributed by atoms with E-state index in [0.29, 0.717) is 28.6 Å². The zero-order chi connectivity index (χ0) is 27.3. The number of thioether (sulfide) groups is 1. The van der Waals surface area contributed by atoms with E-state index >= 15 is 0 Å². The average molecular weight is 570 g/mol. The van der Waals surface area contributed by atoms with Crippen molar-refractivity contribution in [2.24, 2.45) is 0 Å². The molecule has 1 N–H and O–H groups in total. The van der Waals surface area contributed by atoms with E-state index in [4.69, 9.17) is 26.8 Å². The smallest absolute Gasteiger partial charge is 0.323 e. The van der Waals surface area contributed by atoms with Crippen molar-refractivity contribution >= 4 is 56.1 Å². The number of carbonyl (C=O) groups excluding carboxylic acids is 1. The largest absolute Gasteiger partial charge is 0.485 e. The number of hydrogen-bond acceptors (Lipinski definition) is 8. The van der Waals surface area contributed by atoms with Crippen LogP contribution in [0.4, 0.5) is 0 Å². The molecule has 1 heterocycles. The number of hydrogen-bond donors (Lipinski definition) is 1. The van der Waals surface area contributed by atoms with Crippen LogP contribution in [0.5, 0.6) is 11.5 Å². The van der Waals surface area contributed by atoms with Crippen molar-refractivity contribution in [1.29, 1.82) is 0 Å². The van der Waals surface area contributed by atoms with Crippen LogP contribution in [-0.2, 0) is 32.6 Å². The first-order valence-corrected chi connectivity index (χ1v) is 14.4. The Balaban J connectivity index is 1.57. The first-order chi connectivity index (χ1) is 18.1. The van der Waals surface area contributed by atoms with E-state index in [1.807, 2.05) is 30.3 Å². The molecule has 0 unspecified atom stereocenters. The Morgan fingerprint density at radius 1 is 0.974 bits per heavy atom. The van der Waals surface area contributed by atoms with Gasteiger partial charge in [-0.05, 0) is 47.0 Å². The minimum Gasteiger partial charge on any atom is -0.485 e. The van der Waals surface area contributed by atoms with Crippen LogP contribution in [-0.4, -0.2) is 47.4 Å². The molecule has 1 aliphatic rings. The third-order valence-electron chi connectivity index (χ3n) is 5.42. The van der Waals surface area contributed by atoms with Gasteiger partial charge < -0.3 is 14.6 Å². The highest BCUT2D eigenvalue weighted by molar-refractivity contribution is 8.26. The topological polar surface area (TPSA) is 110 Å². The standard InChI is InChI=1S/C27H23NO7S3/c1-38(32,33)21-10-7-19(8-11-21)17-35-23-13-20(9-12-22(23)34-16-18-5-3-2-4-6-18)14-24-26(31)28(15-25(29)30)27(36)37-24/h2-14H,15-17H2,1H3,(H,29,30)/b24-14-. The Morgan fingerprint density at radius 2 is 1.61 bits per heavy atom. The fraction of sp³-hybridized carbons (Fsp3) is 0.148. The molecule has 0 atom stereocenters. The predicted octanol–water partition coefficient (Wildman–Crippen LogP) is 4.53. The summed E-state index contributed by atoms with van der Waals surface area (Å²) < 4.78 is 35.7. The molecule has 3 aromatic carbocycles. The summed E-state index contributed by atoms with van der Waals surface area (Å²) in [7, 11) is -3.31. The van der Waals surface area contributed by atoms with Gasteiger partial charge in [-0.1, -0.05) is 72.5 Å². The number of rotatable bonds is 10. The van der Waals surface area contributed by atoms with Gasteiger partial charge in [0.15, 0.2) is 21.3 Å². The third-order valence-corrected chi connectivity index (χ3v) is 7.92. The van der Waals surface area contributed by atoms with Gasteiger partial charge in [0, 0.05) is 6.26 Å². The average Bonchev–Trinajstić information content (AvgIpc) is 3.14. The zero-order valence-electron chi connectivity index (χ0n) is 20.2. The van der Waals surface area contributed by atoms with E-state index in [0.717, 1.165) is 34.0 Å². The van der Waals surface area contributed by atoms with Gasteiger partial charge in [0.05, 0.1) is 9.80 Å². The molecule has 0 saturated carbocycles. The molecule has 0 radical (unpaired) electrons. The number of amides is 1. The predicted molar refractivity (Wildman–Crippen MR) is 149 cm³/mol. The fourth-order valence-corrected chi connectivity index (χ4v) is 5.38. The van der Waals surface area contributed by atoms with Gasteiger partial charge in [-0.25, -0.2) is 8.42 Å². The Morgan fingerprint density at radius 3 is 2.24 bits per heavy atom. The molecule has 0 aromatic heterocycles. The van der Waals surface area contributed by atoms with Gasteiger partial charge in [-0.15, -0.1) is 0 Å². The normalized spacial score (nSPS) is 14.7. The lowest BCUT2D eigenvalue weighted by atomic mass is 10.1. The molecule has 8 nitrogen and oxygen atoms in total. The minimum absolute atomic E-state index is 0.149. The maximum Gasteiger partial charge on any atom is 0.323 e. The van der Waals surface area contributed by atoms with Gasteiger partial charge in [-0.2, -0.15) is 0 Å². The molecule has 38 heavy (non-hydrogen) atoms. The summed E-state index contributed by atoms with van der Waals surface area (Å²) in [4.78, 5) is 25.3. The summed E-state index contributed by atoms with van der Waals surface area (Å²) in [5.74, 6) is -0.719. The zero-order valence-corrected chi connectivity index (χ0v) is 22.6. The van der Waals surface area contributed by atoms with Gasteiger partial charge in [-0.3, -0.25) is 14.5 Å². The van der Waals surface area contributed by atoms with Gasteiger partial charge in [0.25, 0.3) is 5.91 Å². The van der Waals surface area contributed by atoms with Crippen LogP contribution in [0.15, 0.2) is 82.6 Å². The van der Waals surface area contributed by atoms with Gasteiger partial charge >= 0.3 is 5.97 Å². The SMILES string of the molecule is CS(=O)(=O)c1ccc(COc2cc(/C=C3\SC(=S)N(CC(=O)O)C3=O)ccc2OCc2ccccc2)cc1. The quantitative estimate of drug-likeness (QED) is 0.278. The van der Waals surface area contributed by atoms with Crippen molar-refractivity contribution < 1.29 is 32.6 Å². The molecule has 0 spiro atoms. The first-order valence-electron chi connectivity index (χ1n) is 11.3. The van der Waals surface area contributed by atoms with Crippen LogP contribution in [0.1, 0.15) is 16.7 Å². The molecule has 0 bridgehead atoms. The number of thiocarbonyl (C=S) groups is 1. The number of benzene rings is 3. The number of carboxylic acid groups (broad SMARTS) is 1. The lowest BCUT2D eigenvalue weighted by molar-refractivity contribution is -0.140. The molecule has 11 heteroatoms. The molecular formula is C27H23NO7S3. The van der Waals surface area contributed by atoms with E-state index in [-0.39, 0.29) is 15.8 Å². The molecule has 1 amide bonds. The van der Waals surface area contributed by atoms with E-state index < -0.39 is 28.3 Å². The van der Waals surface area contributed by atoms with Crippen LogP contribution in [0, 0.1) is 0 Å². The lowest BCUT2D eigenvalue weighted by Gasteiger charge is -2.14. The molecular weight excluding hydrogens is 546 g/mol. The summed E-state index contributed by atoms with van der Waals surface area (Å²) in [6.45, 7) is -0.0376. The Bertz CT molecular complexity index is 1500. The molecule has 1 fully saturated rings. The summed E-state index contributed by atoms with van der Waals surface area (Å²) >= 11 is 6.20. The van der Waals surface area contributed by atoms with Crippen LogP contribution in [0.3, 0.4) is 0 Å². The molecule has 196 valence electrons. The van der Waals surface area contributed by atoms with Crippen LogP contribution < -0.4 is 9.47 Å². The first kappa shape index (κ1) is 27.4. The van der Waals surface area contributed by atoms with E-state index in [9.17, 15) is 18.0 Å². The number of carboxylic acids is 1.